The molecule has 1 N–H and O–H groups in total. The van der Waals surface area contributed by atoms with Gasteiger partial charge in [0.15, 0.2) is 5.82 Å². The first-order chi connectivity index (χ1) is 7.77. The van der Waals surface area contributed by atoms with Gasteiger partial charge < -0.3 is 14.6 Å². The van der Waals surface area contributed by atoms with Gasteiger partial charge in [-0.05, 0) is 32.4 Å². The minimum atomic E-state index is 0.0407. The molecule has 5 heteroatoms. The van der Waals surface area contributed by atoms with E-state index in [4.69, 9.17) is 9.26 Å². The minimum absolute atomic E-state index is 0.0407. The molecule has 1 saturated heterocycles. The summed E-state index contributed by atoms with van der Waals surface area (Å²) >= 11 is 0. The van der Waals surface area contributed by atoms with Crippen molar-refractivity contribution in [2.75, 3.05) is 26.8 Å². The van der Waals surface area contributed by atoms with Crippen molar-refractivity contribution in [3.63, 3.8) is 0 Å². The number of piperidine rings is 1. The Morgan fingerprint density at radius 2 is 2.19 bits per heavy atom. The maximum atomic E-state index is 5.19. The molecule has 1 fully saturated rings. The molecule has 2 heterocycles. The van der Waals surface area contributed by atoms with E-state index in [1.807, 2.05) is 6.92 Å². The summed E-state index contributed by atoms with van der Waals surface area (Å²) in [6.07, 6.45) is 3.06. The van der Waals surface area contributed by atoms with Gasteiger partial charge in [-0.1, -0.05) is 5.16 Å². The predicted molar refractivity (Wildman–Crippen MR) is 59.3 cm³/mol. The average molecular weight is 225 g/mol. The fourth-order valence-corrected chi connectivity index (χ4v) is 2.30. The van der Waals surface area contributed by atoms with Gasteiger partial charge >= 0.3 is 0 Å². The zero-order valence-corrected chi connectivity index (χ0v) is 9.95. The van der Waals surface area contributed by atoms with Crippen LogP contribution in [0.1, 0.15) is 31.0 Å². The Morgan fingerprint density at radius 3 is 2.75 bits per heavy atom. The lowest BCUT2D eigenvalue weighted by Gasteiger charge is -2.34. The Labute approximate surface area is 95.6 Å². The number of ether oxygens (including phenoxy) is 1. The highest BCUT2D eigenvalue weighted by Gasteiger charge is 2.37. The van der Waals surface area contributed by atoms with Crippen LogP contribution in [0.15, 0.2) is 4.52 Å². The quantitative estimate of drug-likeness (QED) is 0.829. The third-order valence-electron chi connectivity index (χ3n) is 3.35. The lowest BCUT2D eigenvalue weighted by molar-refractivity contribution is 0.146. The lowest BCUT2D eigenvalue weighted by atomic mass is 9.75. The third-order valence-corrected chi connectivity index (χ3v) is 3.35. The molecule has 0 unspecified atom stereocenters. The molecule has 0 bridgehead atoms. The summed E-state index contributed by atoms with van der Waals surface area (Å²) in [6.45, 7) is 4.60. The van der Waals surface area contributed by atoms with Crippen LogP contribution in [0, 0.1) is 6.92 Å². The first-order valence-corrected chi connectivity index (χ1v) is 5.77. The molecule has 0 amide bonds. The van der Waals surface area contributed by atoms with Gasteiger partial charge in [-0.3, -0.25) is 0 Å². The molecule has 5 nitrogen and oxygen atoms in total. The number of aryl methyl sites for hydroxylation is 1. The SMILES string of the molecule is COCCC1(c2noc(C)n2)CCNCC1. The predicted octanol–water partition coefficient (Wildman–Crippen LogP) is 1.04. The van der Waals surface area contributed by atoms with Crippen LogP contribution in [0.2, 0.25) is 0 Å². The number of nitrogens with zero attached hydrogens (tertiary/aromatic N) is 2. The normalized spacial score (nSPS) is 19.9. The van der Waals surface area contributed by atoms with E-state index >= 15 is 0 Å². The highest BCUT2D eigenvalue weighted by molar-refractivity contribution is 5.09. The molecule has 1 aromatic heterocycles. The summed E-state index contributed by atoms with van der Waals surface area (Å²) in [6, 6.07) is 0. The van der Waals surface area contributed by atoms with Gasteiger partial charge in [0.1, 0.15) is 0 Å². The van der Waals surface area contributed by atoms with Crippen LogP contribution >= 0.6 is 0 Å². The van der Waals surface area contributed by atoms with Gasteiger partial charge in [0, 0.05) is 26.1 Å². The van der Waals surface area contributed by atoms with Gasteiger partial charge in [0.2, 0.25) is 5.89 Å². The van der Waals surface area contributed by atoms with Crippen molar-refractivity contribution in [3.05, 3.63) is 11.7 Å². The second-order valence-corrected chi connectivity index (χ2v) is 4.41. The Balaban J connectivity index is 2.18. The van der Waals surface area contributed by atoms with E-state index in [1.165, 1.54) is 0 Å². The molecule has 0 radical (unpaired) electrons. The molecule has 0 atom stereocenters. The van der Waals surface area contributed by atoms with E-state index in [0.717, 1.165) is 44.8 Å². The van der Waals surface area contributed by atoms with Gasteiger partial charge in [0.05, 0.1) is 0 Å². The van der Waals surface area contributed by atoms with Crippen molar-refractivity contribution in [1.82, 2.24) is 15.5 Å². The molecule has 0 aromatic carbocycles. The van der Waals surface area contributed by atoms with Crippen molar-refractivity contribution in [1.29, 1.82) is 0 Å². The number of rotatable bonds is 4. The fraction of sp³-hybridized carbons (Fsp3) is 0.818. The van der Waals surface area contributed by atoms with Crippen LogP contribution in [-0.2, 0) is 10.2 Å². The number of nitrogens with one attached hydrogen (secondary N) is 1. The summed E-state index contributed by atoms with van der Waals surface area (Å²) in [5, 5.41) is 7.46. The van der Waals surface area contributed by atoms with E-state index in [1.54, 1.807) is 7.11 Å². The number of hydrogen-bond acceptors (Lipinski definition) is 5. The summed E-state index contributed by atoms with van der Waals surface area (Å²) in [7, 11) is 1.73. The molecular weight excluding hydrogens is 206 g/mol. The van der Waals surface area contributed by atoms with Gasteiger partial charge in [-0.15, -0.1) is 0 Å². The van der Waals surface area contributed by atoms with E-state index in [-0.39, 0.29) is 5.41 Å². The van der Waals surface area contributed by atoms with Crippen molar-refractivity contribution in [2.45, 2.75) is 31.6 Å². The molecule has 1 aromatic rings. The second kappa shape index (κ2) is 4.93. The van der Waals surface area contributed by atoms with Crippen LogP contribution in [-0.4, -0.2) is 36.9 Å². The second-order valence-electron chi connectivity index (χ2n) is 4.41. The largest absolute Gasteiger partial charge is 0.385 e. The van der Waals surface area contributed by atoms with Gasteiger partial charge in [-0.2, -0.15) is 4.98 Å². The molecule has 0 spiro atoms. The maximum Gasteiger partial charge on any atom is 0.223 e. The molecule has 1 aliphatic heterocycles. The fourth-order valence-electron chi connectivity index (χ4n) is 2.30. The van der Waals surface area contributed by atoms with Crippen molar-refractivity contribution in [2.24, 2.45) is 0 Å². The van der Waals surface area contributed by atoms with E-state index in [9.17, 15) is 0 Å². The van der Waals surface area contributed by atoms with Crippen LogP contribution in [0.5, 0.6) is 0 Å². The third kappa shape index (κ3) is 2.25. The highest BCUT2D eigenvalue weighted by Crippen LogP contribution is 2.34. The average Bonchev–Trinajstić information content (AvgIpc) is 2.75. The number of hydrogen-bond donors (Lipinski definition) is 1. The Hall–Kier alpha value is -0.940. The van der Waals surface area contributed by atoms with E-state index in [2.05, 4.69) is 15.5 Å². The first-order valence-electron chi connectivity index (χ1n) is 5.77. The van der Waals surface area contributed by atoms with Crippen molar-refractivity contribution < 1.29 is 9.26 Å². The highest BCUT2D eigenvalue weighted by atomic mass is 16.5. The monoisotopic (exact) mass is 225 g/mol. The number of aromatic nitrogens is 2. The van der Waals surface area contributed by atoms with Crippen LogP contribution < -0.4 is 5.32 Å². The summed E-state index contributed by atoms with van der Waals surface area (Å²) in [5.74, 6) is 1.49. The number of methoxy groups -OCH3 is 1. The zero-order chi connectivity index (χ0) is 11.4. The molecule has 16 heavy (non-hydrogen) atoms. The summed E-state index contributed by atoms with van der Waals surface area (Å²) in [4.78, 5) is 4.40. The Kier molecular flexibility index (Phi) is 3.56. The molecule has 0 aliphatic carbocycles. The van der Waals surface area contributed by atoms with Crippen LogP contribution in [0.3, 0.4) is 0 Å². The van der Waals surface area contributed by atoms with Gasteiger partial charge in [-0.25, -0.2) is 0 Å². The van der Waals surface area contributed by atoms with Crippen molar-refractivity contribution in [3.8, 4) is 0 Å². The summed E-state index contributed by atoms with van der Waals surface area (Å²) < 4.78 is 10.3. The molecular formula is C11H19N3O2. The Bertz CT molecular complexity index is 332. The van der Waals surface area contributed by atoms with Crippen molar-refractivity contribution >= 4 is 0 Å². The van der Waals surface area contributed by atoms with E-state index < -0.39 is 0 Å². The van der Waals surface area contributed by atoms with Gasteiger partial charge in [0.25, 0.3) is 0 Å². The molecule has 0 saturated carbocycles. The maximum absolute atomic E-state index is 5.19. The van der Waals surface area contributed by atoms with E-state index in [0.29, 0.717) is 5.89 Å². The first kappa shape index (κ1) is 11.5. The molecule has 1 aliphatic rings. The standard InChI is InChI=1S/C11H19N3O2/c1-9-13-10(14-16-9)11(5-8-15-2)3-6-12-7-4-11/h12H,3-8H2,1-2H3. The van der Waals surface area contributed by atoms with Crippen LogP contribution in [0.4, 0.5) is 0 Å². The Morgan fingerprint density at radius 1 is 1.44 bits per heavy atom. The molecule has 90 valence electrons. The topological polar surface area (TPSA) is 60.2 Å². The smallest absolute Gasteiger partial charge is 0.223 e. The minimum Gasteiger partial charge on any atom is -0.385 e. The van der Waals surface area contributed by atoms with Crippen LogP contribution in [0.25, 0.3) is 0 Å². The zero-order valence-electron chi connectivity index (χ0n) is 9.95. The summed E-state index contributed by atoms with van der Waals surface area (Å²) in [5.41, 5.74) is 0.0407. The molecule has 2 rings (SSSR count). The lowest BCUT2D eigenvalue weighted by Crippen LogP contribution is -2.41.